The third-order valence-electron chi connectivity index (χ3n) is 4.21. The van der Waals surface area contributed by atoms with Gasteiger partial charge in [-0.2, -0.15) is 0 Å². The van der Waals surface area contributed by atoms with Crippen molar-refractivity contribution in [1.29, 1.82) is 0 Å². The van der Waals surface area contributed by atoms with Crippen LogP contribution in [0, 0.1) is 6.57 Å². The van der Waals surface area contributed by atoms with Crippen molar-refractivity contribution in [2.24, 2.45) is 0 Å². The second kappa shape index (κ2) is 7.47. The van der Waals surface area contributed by atoms with Crippen molar-refractivity contribution in [2.45, 2.75) is 6.54 Å². The van der Waals surface area contributed by atoms with Crippen molar-refractivity contribution in [3.63, 3.8) is 0 Å². The number of hydrogen-bond acceptors (Lipinski definition) is 5. The van der Waals surface area contributed by atoms with Gasteiger partial charge in [-0.3, -0.25) is 0 Å². The molecule has 0 bridgehead atoms. The molecule has 2 aromatic heterocycles. The molecule has 0 radical (unpaired) electrons. The summed E-state index contributed by atoms with van der Waals surface area (Å²) in [6, 6.07) is 14.2. The van der Waals surface area contributed by atoms with Crippen molar-refractivity contribution in [3.8, 4) is 11.1 Å². The summed E-state index contributed by atoms with van der Waals surface area (Å²) in [7, 11) is 4.03. The summed E-state index contributed by atoms with van der Waals surface area (Å²) in [4.78, 5) is 22.0. The van der Waals surface area contributed by atoms with Crippen LogP contribution < -0.4 is 5.32 Å². The molecule has 138 valence electrons. The molecule has 0 aliphatic rings. The monoisotopic (exact) mass is 369 g/mol. The van der Waals surface area contributed by atoms with Gasteiger partial charge in [0.15, 0.2) is 0 Å². The minimum Gasteiger partial charge on any atom is -0.341 e. The van der Waals surface area contributed by atoms with E-state index in [-0.39, 0.29) is 0 Å². The third kappa shape index (κ3) is 3.68. The van der Waals surface area contributed by atoms with E-state index < -0.39 is 0 Å². The molecule has 7 nitrogen and oxygen atoms in total. The Kier molecular flexibility index (Phi) is 4.70. The molecule has 2 heterocycles. The first-order valence-corrected chi connectivity index (χ1v) is 8.81. The number of H-pyrrole nitrogens is 1. The van der Waals surface area contributed by atoms with Gasteiger partial charge in [0.1, 0.15) is 5.82 Å². The van der Waals surface area contributed by atoms with E-state index in [1.165, 1.54) is 12.4 Å². The molecule has 28 heavy (non-hydrogen) atoms. The highest BCUT2D eigenvalue weighted by atomic mass is 15.1. The SMILES string of the molecule is [C-]#[N+]c1cnc(Nc2cc(-c3ccccc3)c3nc(CN(C)C)[nH]c3c2)nc1. The molecule has 0 aliphatic carbocycles. The first-order chi connectivity index (χ1) is 13.6. The maximum absolute atomic E-state index is 7.01. The minimum atomic E-state index is 0.410. The molecule has 4 aromatic rings. The minimum absolute atomic E-state index is 0.410. The lowest BCUT2D eigenvalue weighted by molar-refractivity contribution is 0.392. The lowest BCUT2D eigenvalue weighted by atomic mass is 10.0. The van der Waals surface area contributed by atoms with Gasteiger partial charge in [-0.15, -0.1) is 0 Å². The second-order valence-electron chi connectivity index (χ2n) is 6.71. The fourth-order valence-electron chi connectivity index (χ4n) is 3.03. The number of rotatable bonds is 5. The van der Waals surface area contributed by atoms with Crippen molar-refractivity contribution in [2.75, 3.05) is 19.4 Å². The zero-order chi connectivity index (χ0) is 19.5. The fourth-order valence-corrected chi connectivity index (χ4v) is 3.03. The molecule has 0 saturated heterocycles. The molecule has 0 unspecified atom stereocenters. The number of aromatic amines is 1. The lowest BCUT2D eigenvalue weighted by Gasteiger charge is -2.09. The standard InChI is InChI=1S/C21H19N7/c1-22-16-11-23-21(24-12-16)25-15-9-17(14-7-5-4-6-8-14)20-18(10-15)26-19(27-20)13-28(2)3/h4-12H,13H2,2-3H3,(H,26,27)(H,23,24,25). The molecular weight excluding hydrogens is 350 g/mol. The molecule has 2 aromatic carbocycles. The van der Waals surface area contributed by atoms with Crippen LogP contribution in [0.3, 0.4) is 0 Å². The van der Waals surface area contributed by atoms with Gasteiger partial charge in [0.2, 0.25) is 11.6 Å². The van der Waals surface area contributed by atoms with Gasteiger partial charge in [-0.25, -0.2) is 19.8 Å². The molecule has 0 saturated carbocycles. The van der Waals surface area contributed by atoms with Crippen LogP contribution in [-0.2, 0) is 6.54 Å². The summed E-state index contributed by atoms with van der Waals surface area (Å²) in [5, 5.41) is 3.22. The Labute approximate surface area is 162 Å². The van der Waals surface area contributed by atoms with Crippen LogP contribution in [0.2, 0.25) is 0 Å². The Hall–Kier alpha value is -3.76. The summed E-state index contributed by atoms with van der Waals surface area (Å²) >= 11 is 0. The van der Waals surface area contributed by atoms with Gasteiger partial charge in [-0.05, 0) is 31.8 Å². The van der Waals surface area contributed by atoms with Gasteiger partial charge in [-0.1, -0.05) is 30.3 Å². The molecule has 0 aliphatic heterocycles. The third-order valence-corrected chi connectivity index (χ3v) is 4.21. The Morgan fingerprint density at radius 3 is 2.54 bits per heavy atom. The molecule has 0 fully saturated rings. The predicted molar refractivity (Wildman–Crippen MR) is 110 cm³/mol. The van der Waals surface area contributed by atoms with Gasteiger partial charge in [0.25, 0.3) is 0 Å². The molecule has 0 atom stereocenters. The van der Waals surface area contributed by atoms with E-state index in [4.69, 9.17) is 11.6 Å². The van der Waals surface area contributed by atoms with Crippen LogP contribution in [0.4, 0.5) is 17.3 Å². The topological polar surface area (TPSA) is 74.1 Å². The van der Waals surface area contributed by atoms with E-state index in [1.54, 1.807) is 0 Å². The van der Waals surface area contributed by atoms with Crippen LogP contribution in [0.25, 0.3) is 27.0 Å². The number of benzene rings is 2. The number of aromatic nitrogens is 4. The number of nitrogens with one attached hydrogen (secondary N) is 2. The largest absolute Gasteiger partial charge is 0.341 e. The number of imidazole rings is 1. The summed E-state index contributed by atoms with van der Waals surface area (Å²) in [6.07, 6.45) is 3.01. The highest BCUT2D eigenvalue weighted by Gasteiger charge is 2.12. The maximum Gasteiger partial charge on any atom is 0.224 e. The van der Waals surface area contributed by atoms with Crippen molar-refractivity contribution < 1.29 is 0 Å². The number of fused-ring (bicyclic) bond motifs is 1. The molecular formula is C21H19N7. The highest BCUT2D eigenvalue weighted by molar-refractivity contribution is 5.95. The molecule has 0 amide bonds. The molecule has 4 rings (SSSR count). The van der Waals surface area contributed by atoms with Crippen LogP contribution in [-0.4, -0.2) is 38.9 Å². The van der Waals surface area contributed by atoms with Gasteiger partial charge >= 0.3 is 0 Å². The van der Waals surface area contributed by atoms with Gasteiger partial charge in [0, 0.05) is 23.6 Å². The predicted octanol–water partition coefficient (Wildman–Crippen LogP) is 4.38. The van der Waals surface area contributed by atoms with Gasteiger partial charge < -0.3 is 15.2 Å². The number of anilines is 2. The number of nitrogens with zero attached hydrogens (tertiary/aromatic N) is 5. The Morgan fingerprint density at radius 2 is 1.86 bits per heavy atom. The average Bonchev–Trinajstić information content (AvgIpc) is 3.10. The summed E-state index contributed by atoms with van der Waals surface area (Å²) in [5.74, 6) is 1.35. The van der Waals surface area contributed by atoms with Gasteiger partial charge in [0.05, 0.1) is 24.2 Å². The average molecular weight is 369 g/mol. The first-order valence-electron chi connectivity index (χ1n) is 8.81. The van der Waals surface area contributed by atoms with Crippen molar-refractivity contribution in [3.05, 3.63) is 72.1 Å². The van der Waals surface area contributed by atoms with E-state index in [9.17, 15) is 0 Å². The fraction of sp³-hybridized carbons (Fsp3) is 0.143. The molecule has 0 spiro atoms. The Bertz CT molecular complexity index is 1140. The van der Waals surface area contributed by atoms with Crippen molar-refractivity contribution in [1.82, 2.24) is 24.8 Å². The van der Waals surface area contributed by atoms with E-state index in [0.29, 0.717) is 11.6 Å². The van der Waals surface area contributed by atoms with E-state index in [0.717, 1.165) is 40.2 Å². The van der Waals surface area contributed by atoms with Crippen LogP contribution in [0.15, 0.2) is 54.9 Å². The lowest BCUT2D eigenvalue weighted by Crippen LogP contribution is -2.11. The van der Waals surface area contributed by atoms with Crippen LogP contribution in [0.5, 0.6) is 0 Å². The maximum atomic E-state index is 7.01. The Balaban J connectivity index is 1.79. The normalized spacial score (nSPS) is 10.9. The smallest absolute Gasteiger partial charge is 0.224 e. The Morgan fingerprint density at radius 1 is 1.11 bits per heavy atom. The van der Waals surface area contributed by atoms with Crippen molar-refractivity contribution >= 4 is 28.4 Å². The van der Waals surface area contributed by atoms with E-state index in [2.05, 4.69) is 42.1 Å². The highest BCUT2D eigenvalue weighted by Crippen LogP contribution is 2.32. The second-order valence-corrected chi connectivity index (χ2v) is 6.71. The summed E-state index contributed by atoms with van der Waals surface area (Å²) in [6.45, 7) is 7.74. The molecule has 7 heteroatoms. The summed E-state index contributed by atoms with van der Waals surface area (Å²) in [5.41, 5.74) is 5.24. The van der Waals surface area contributed by atoms with E-state index in [1.807, 2.05) is 44.4 Å². The first kappa shape index (κ1) is 17.6. The zero-order valence-corrected chi connectivity index (χ0v) is 15.6. The molecule has 2 N–H and O–H groups in total. The number of hydrogen-bond donors (Lipinski definition) is 2. The van der Waals surface area contributed by atoms with E-state index >= 15 is 0 Å². The zero-order valence-electron chi connectivity index (χ0n) is 15.6. The quantitative estimate of drug-likeness (QED) is 0.511. The van der Waals surface area contributed by atoms with Crippen LogP contribution >= 0.6 is 0 Å². The van der Waals surface area contributed by atoms with Crippen LogP contribution in [0.1, 0.15) is 5.82 Å². The summed E-state index contributed by atoms with van der Waals surface area (Å²) < 4.78 is 0.